The Balaban J connectivity index is 3.19. The Kier molecular flexibility index (Phi) is 4.05. The first-order chi connectivity index (χ1) is 7.60. The molecule has 5 nitrogen and oxygen atoms in total. The number of esters is 1. The van der Waals surface area contributed by atoms with E-state index >= 15 is 0 Å². The topological polar surface area (TPSA) is 69.4 Å². The quantitative estimate of drug-likeness (QED) is 0.333. The van der Waals surface area contributed by atoms with E-state index in [1.54, 1.807) is 6.07 Å². The zero-order valence-electron chi connectivity index (χ0n) is 9.23. The van der Waals surface area contributed by atoms with Crippen LogP contribution in [0, 0.1) is 10.1 Å². The van der Waals surface area contributed by atoms with Crippen LogP contribution in [0.2, 0.25) is 6.82 Å². The molecule has 0 amide bonds. The third-order valence-electron chi connectivity index (χ3n) is 2.20. The van der Waals surface area contributed by atoms with Crippen LogP contribution in [-0.4, -0.2) is 25.3 Å². The maximum absolute atomic E-state index is 11.3. The second kappa shape index (κ2) is 5.30. The molecule has 0 aliphatic carbocycles. The lowest BCUT2D eigenvalue weighted by Crippen LogP contribution is -2.06. The molecular formula is C10H12BNO4. The van der Waals surface area contributed by atoms with E-state index in [-0.39, 0.29) is 11.3 Å². The van der Waals surface area contributed by atoms with Crippen LogP contribution in [0.4, 0.5) is 5.69 Å². The molecule has 1 rings (SSSR count). The minimum atomic E-state index is -0.685. The highest BCUT2D eigenvalue weighted by atomic mass is 16.6. The number of carbonyl (C=O) groups is 1. The molecular weight excluding hydrogens is 209 g/mol. The Hall–Kier alpha value is -1.85. The fourth-order valence-corrected chi connectivity index (χ4v) is 1.46. The van der Waals surface area contributed by atoms with Gasteiger partial charge in [0.1, 0.15) is 12.8 Å². The van der Waals surface area contributed by atoms with Crippen LogP contribution < -0.4 is 0 Å². The van der Waals surface area contributed by atoms with E-state index in [0.29, 0.717) is 0 Å². The summed E-state index contributed by atoms with van der Waals surface area (Å²) in [6.07, 6.45) is 0.752. The van der Waals surface area contributed by atoms with Crippen molar-refractivity contribution in [3.05, 3.63) is 39.4 Å². The van der Waals surface area contributed by atoms with Crippen molar-refractivity contribution in [1.29, 1.82) is 0 Å². The third kappa shape index (κ3) is 2.59. The van der Waals surface area contributed by atoms with Gasteiger partial charge in [0.25, 0.3) is 5.69 Å². The Bertz CT molecular complexity index is 419. The first-order valence-electron chi connectivity index (χ1n) is 4.95. The van der Waals surface area contributed by atoms with Gasteiger partial charge in [-0.3, -0.25) is 10.1 Å². The van der Waals surface area contributed by atoms with Gasteiger partial charge in [0, 0.05) is 6.07 Å². The van der Waals surface area contributed by atoms with Crippen LogP contribution >= 0.6 is 0 Å². The molecule has 84 valence electrons. The molecule has 0 aromatic heterocycles. The molecule has 0 spiro atoms. The lowest BCUT2D eigenvalue weighted by Gasteiger charge is -2.03. The van der Waals surface area contributed by atoms with Crippen molar-refractivity contribution >= 4 is 18.9 Å². The van der Waals surface area contributed by atoms with Crippen molar-refractivity contribution in [2.24, 2.45) is 0 Å². The van der Waals surface area contributed by atoms with Gasteiger partial charge < -0.3 is 4.74 Å². The number of nitro groups is 1. The number of hydrogen-bond acceptors (Lipinski definition) is 4. The van der Waals surface area contributed by atoms with Crippen molar-refractivity contribution in [2.45, 2.75) is 13.1 Å². The number of ether oxygens (including phenoxy) is 1. The molecule has 0 fully saturated rings. The summed E-state index contributed by atoms with van der Waals surface area (Å²) in [5.74, 6) is -0.685. The number of benzene rings is 1. The molecule has 0 aliphatic heterocycles. The van der Waals surface area contributed by atoms with Gasteiger partial charge in [-0.2, -0.15) is 0 Å². The van der Waals surface area contributed by atoms with Gasteiger partial charge in [0.05, 0.1) is 12.0 Å². The Labute approximate surface area is 93.8 Å². The fourth-order valence-electron chi connectivity index (χ4n) is 1.46. The van der Waals surface area contributed by atoms with E-state index in [9.17, 15) is 14.9 Å². The van der Waals surface area contributed by atoms with E-state index in [0.717, 1.165) is 19.2 Å². The summed E-state index contributed by atoms with van der Waals surface area (Å²) < 4.78 is 4.48. The Morgan fingerprint density at radius 1 is 1.56 bits per heavy atom. The molecule has 1 aromatic carbocycles. The van der Waals surface area contributed by atoms with Crippen molar-refractivity contribution in [2.75, 3.05) is 7.11 Å². The Morgan fingerprint density at radius 3 is 2.75 bits per heavy atom. The van der Waals surface area contributed by atoms with Crippen molar-refractivity contribution in [1.82, 2.24) is 0 Å². The summed E-state index contributed by atoms with van der Waals surface area (Å²) in [6.45, 7) is 1.99. The minimum Gasteiger partial charge on any atom is -0.465 e. The van der Waals surface area contributed by atoms with E-state index in [2.05, 4.69) is 4.74 Å². The summed E-state index contributed by atoms with van der Waals surface area (Å²) in [4.78, 5) is 21.5. The van der Waals surface area contributed by atoms with Crippen LogP contribution in [-0.2, 0) is 11.1 Å². The third-order valence-corrected chi connectivity index (χ3v) is 2.20. The highest BCUT2D eigenvalue weighted by Crippen LogP contribution is 2.21. The number of nitro benzene ring substituents is 1. The Morgan fingerprint density at radius 2 is 2.25 bits per heavy atom. The van der Waals surface area contributed by atoms with Crippen LogP contribution in [0.3, 0.4) is 0 Å². The van der Waals surface area contributed by atoms with Crippen LogP contribution in [0.5, 0.6) is 0 Å². The van der Waals surface area contributed by atoms with Crippen molar-refractivity contribution in [3.63, 3.8) is 0 Å². The molecule has 16 heavy (non-hydrogen) atoms. The van der Waals surface area contributed by atoms with Gasteiger partial charge in [0.2, 0.25) is 0 Å². The molecule has 0 saturated heterocycles. The largest absolute Gasteiger partial charge is 0.465 e. The zero-order chi connectivity index (χ0) is 12.1. The zero-order valence-corrected chi connectivity index (χ0v) is 9.23. The number of nitrogens with zero attached hydrogens (tertiary/aromatic N) is 1. The molecule has 0 aliphatic rings. The SMILES string of the molecule is CBCc1ccc(C(=O)OC)c([N+](=O)[O-])c1. The average Bonchev–Trinajstić information content (AvgIpc) is 2.28. The molecule has 0 unspecified atom stereocenters. The van der Waals surface area contributed by atoms with Gasteiger partial charge in [-0.25, -0.2) is 4.79 Å². The lowest BCUT2D eigenvalue weighted by molar-refractivity contribution is -0.385. The normalized spacial score (nSPS) is 9.62. The smallest absolute Gasteiger partial charge is 0.344 e. The number of carbonyl (C=O) groups excluding carboxylic acids is 1. The molecule has 0 bridgehead atoms. The van der Waals surface area contributed by atoms with Gasteiger partial charge in [-0.1, -0.05) is 19.2 Å². The second-order valence-electron chi connectivity index (χ2n) is 3.35. The summed E-state index contributed by atoms with van der Waals surface area (Å²) in [5, 5.41) is 10.8. The second-order valence-corrected chi connectivity index (χ2v) is 3.35. The first kappa shape index (κ1) is 12.2. The van der Waals surface area contributed by atoms with Crippen LogP contribution in [0.1, 0.15) is 15.9 Å². The highest BCUT2D eigenvalue weighted by Gasteiger charge is 2.20. The highest BCUT2D eigenvalue weighted by molar-refractivity contribution is 6.32. The fraction of sp³-hybridized carbons (Fsp3) is 0.300. The predicted octanol–water partition coefficient (Wildman–Crippen LogP) is 1.37. The van der Waals surface area contributed by atoms with Gasteiger partial charge in [-0.05, 0) is 11.6 Å². The molecule has 0 saturated carbocycles. The van der Waals surface area contributed by atoms with E-state index in [1.165, 1.54) is 19.2 Å². The van der Waals surface area contributed by atoms with Crippen molar-refractivity contribution in [3.8, 4) is 0 Å². The molecule has 0 radical (unpaired) electrons. The maximum Gasteiger partial charge on any atom is 0.344 e. The van der Waals surface area contributed by atoms with E-state index in [1.807, 2.05) is 6.82 Å². The monoisotopic (exact) mass is 221 g/mol. The standard InChI is InChI=1S/C10H12BNO4/c1-11-6-7-3-4-8(10(13)16-2)9(5-7)12(14)15/h3-5,11H,6H2,1-2H3. The molecule has 0 heterocycles. The summed E-state index contributed by atoms with van der Waals surface area (Å²) >= 11 is 0. The minimum absolute atomic E-state index is 0.00708. The predicted molar refractivity (Wildman–Crippen MR) is 61.2 cm³/mol. The van der Waals surface area contributed by atoms with Crippen molar-refractivity contribution < 1.29 is 14.5 Å². The van der Waals surface area contributed by atoms with Crippen LogP contribution in [0.15, 0.2) is 18.2 Å². The number of hydrogen-bond donors (Lipinski definition) is 0. The first-order valence-corrected chi connectivity index (χ1v) is 4.95. The molecule has 1 aromatic rings. The average molecular weight is 221 g/mol. The van der Waals surface area contributed by atoms with Gasteiger partial charge in [0.15, 0.2) is 0 Å². The molecule has 0 N–H and O–H groups in total. The lowest BCUT2D eigenvalue weighted by atomic mass is 9.75. The van der Waals surface area contributed by atoms with Gasteiger partial charge in [-0.15, -0.1) is 0 Å². The van der Waals surface area contributed by atoms with Gasteiger partial charge >= 0.3 is 5.97 Å². The number of rotatable bonds is 4. The van der Waals surface area contributed by atoms with Crippen LogP contribution in [0.25, 0.3) is 0 Å². The number of methoxy groups -OCH3 is 1. The summed E-state index contributed by atoms with van der Waals surface area (Å²) in [5.41, 5.74) is 0.645. The molecule has 6 heteroatoms. The maximum atomic E-state index is 11.3. The molecule has 0 atom stereocenters. The summed E-state index contributed by atoms with van der Waals surface area (Å²) in [7, 11) is 2.10. The van der Waals surface area contributed by atoms with E-state index in [4.69, 9.17) is 0 Å². The van der Waals surface area contributed by atoms with E-state index < -0.39 is 10.9 Å². The summed E-state index contributed by atoms with van der Waals surface area (Å²) in [6, 6.07) is 4.58.